The van der Waals surface area contributed by atoms with E-state index in [-0.39, 0.29) is 0 Å². The fraction of sp³-hybridized carbons (Fsp3) is 1.00. The summed E-state index contributed by atoms with van der Waals surface area (Å²) in [5, 5.41) is 37.4. The lowest BCUT2D eigenvalue weighted by Crippen LogP contribution is -2.63. The smallest absolute Gasteiger partial charge is 0.332 e. The third-order valence-electron chi connectivity index (χ3n) is 2.88. The molecule has 1 aliphatic rings. The molecule has 0 saturated heterocycles. The molecule has 10 nitrogen and oxygen atoms in total. The van der Waals surface area contributed by atoms with Crippen molar-refractivity contribution in [2.75, 3.05) is 0 Å². The van der Waals surface area contributed by atoms with E-state index >= 15 is 0 Å². The van der Waals surface area contributed by atoms with Crippen molar-refractivity contribution < 1.29 is 49.1 Å². The van der Waals surface area contributed by atoms with E-state index in [9.17, 15) is 29.6 Å². The molecule has 8 N–H and O–H groups in total. The molecule has 6 atom stereocenters. The summed E-state index contributed by atoms with van der Waals surface area (Å²) in [6.45, 7) is 0. The van der Waals surface area contributed by atoms with Crippen molar-refractivity contribution in [1.82, 2.24) is 0 Å². The van der Waals surface area contributed by atoms with Crippen molar-refractivity contribution in [2.45, 2.75) is 35.7 Å². The van der Waals surface area contributed by atoms with Gasteiger partial charge >= 0.3 is 15.2 Å². The van der Waals surface area contributed by atoms with Crippen LogP contribution in [-0.4, -0.2) is 75.7 Å². The van der Waals surface area contributed by atoms with Crippen LogP contribution in [0.15, 0.2) is 0 Å². The summed E-state index contributed by atoms with van der Waals surface area (Å²) >= 11 is 0. The minimum absolute atomic E-state index is 2.12. The van der Waals surface area contributed by atoms with Crippen molar-refractivity contribution in [3.8, 4) is 0 Å². The zero-order chi connectivity index (χ0) is 14.5. The number of rotatable bonds is 2. The van der Waals surface area contributed by atoms with Gasteiger partial charge in [-0.05, 0) is 0 Å². The molecule has 0 aromatic rings. The molecule has 1 rings (SSSR count). The van der Waals surface area contributed by atoms with E-state index in [1.165, 1.54) is 0 Å². The van der Waals surface area contributed by atoms with Crippen LogP contribution in [0, 0.1) is 0 Å². The van der Waals surface area contributed by atoms with Crippen LogP contribution in [0.3, 0.4) is 0 Å². The van der Waals surface area contributed by atoms with Gasteiger partial charge in [0.25, 0.3) is 0 Å². The monoisotopic (exact) mass is 308 g/mol. The van der Waals surface area contributed by atoms with Crippen molar-refractivity contribution in [1.29, 1.82) is 0 Å². The summed E-state index contributed by atoms with van der Waals surface area (Å²) in [6.07, 6.45) is -8.80. The standard InChI is InChI=1S/C6H14O10P2/c7-1-2(8)4(10)6(18(14,15)16)5(3(1)9)17(11,12)13/h1-10H,(H2,11,12,13)(H2,14,15,16). The molecule has 0 amide bonds. The van der Waals surface area contributed by atoms with E-state index in [1.807, 2.05) is 0 Å². The SMILES string of the molecule is O=P(O)(O)C1C(O)C(O)C(O)C(O)C1P(=O)(O)O. The third kappa shape index (κ3) is 2.83. The molecule has 6 unspecified atom stereocenters. The Hall–Kier alpha value is 0.140. The lowest BCUT2D eigenvalue weighted by Gasteiger charge is -2.43. The second-order valence-corrected chi connectivity index (χ2v) is 7.67. The Balaban J connectivity index is 3.32. The molecule has 0 aromatic carbocycles. The highest BCUT2D eigenvalue weighted by Gasteiger charge is 2.60. The van der Waals surface area contributed by atoms with E-state index in [2.05, 4.69) is 0 Å². The van der Waals surface area contributed by atoms with E-state index < -0.39 is 50.9 Å². The van der Waals surface area contributed by atoms with Gasteiger partial charge in [-0.15, -0.1) is 0 Å². The highest BCUT2D eigenvalue weighted by molar-refractivity contribution is 7.57. The Labute approximate surface area is 101 Å². The maximum Gasteiger partial charge on any atom is 0.332 e. The van der Waals surface area contributed by atoms with Crippen LogP contribution in [0.5, 0.6) is 0 Å². The molecule has 1 fully saturated rings. The molecule has 0 radical (unpaired) electrons. The Morgan fingerprint density at radius 1 is 0.556 bits per heavy atom. The summed E-state index contributed by atoms with van der Waals surface area (Å²) < 4.78 is 22.3. The first-order valence-corrected chi connectivity index (χ1v) is 8.08. The number of aliphatic hydroxyl groups excluding tert-OH is 4. The fourth-order valence-electron chi connectivity index (χ4n) is 2.01. The predicted molar refractivity (Wildman–Crippen MR) is 55.7 cm³/mol. The van der Waals surface area contributed by atoms with Gasteiger partial charge in [0.15, 0.2) is 0 Å². The molecule has 12 heteroatoms. The normalized spacial score (nSPS) is 42.9. The van der Waals surface area contributed by atoms with Gasteiger partial charge in [0.05, 0.1) is 12.2 Å². The quantitative estimate of drug-likeness (QED) is 0.237. The summed E-state index contributed by atoms with van der Waals surface area (Å²) in [5.41, 5.74) is -4.74. The predicted octanol–water partition coefficient (Wildman–Crippen LogP) is -3.46. The molecule has 0 spiro atoms. The average Bonchev–Trinajstić information content (AvgIpc) is 2.16. The van der Waals surface area contributed by atoms with Crippen LogP contribution < -0.4 is 0 Å². The summed E-state index contributed by atoms with van der Waals surface area (Å²) in [7, 11) is -10.4. The zero-order valence-electron chi connectivity index (χ0n) is 8.75. The first-order chi connectivity index (χ1) is 7.89. The molecule has 108 valence electrons. The Morgan fingerprint density at radius 3 is 0.944 bits per heavy atom. The second kappa shape index (κ2) is 4.92. The van der Waals surface area contributed by atoms with Crippen LogP contribution in [0.1, 0.15) is 0 Å². The molecule has 18 heavy (non-hydrogen) atoms. The van der Waals surface area contributed by atoms with Crippen LogP contribution in [0.2, 0.25) is 0 Å². The number of aliphatic hydroxyl groups is 4. The maximum absolute atomic E-state index is 11.1. The van der Waals surface area contributed by atoms with Gasteiger partial charge in [0.1, 0.15) is 23.5 Å². The lowest BCUT2D eigenvalue weighted by atomic mass is 9.88. The molecule has 0 aliphatic heterocycles. The van der Waals surface area contributed by atoms with Gasteiger partial charge < -0.3 is 40.0 Å². The number of hydrogen-bond acceptors (Lipinski definition) is 6. The van der Waals surface area contributed by atoms with E-state index in [1.54, 1.807) is 0 Å². The molecule has 0 aromatic heterocycles. The summed E-state index contributed by atoms with van der Waals surface area (Å²) in [4.78, 5) is 35.9. The zero-order valence-corrected chi connectivity index (χ0v) is 10.5. The Kier molecular flexibility index (Phi) is 4.42. The van der Waals surface area contributed by atoms with Crippen LogP contribution >= 0.6 is 15.2 Å². The first kappa shape index (κ1) is 16.2. The van der Waals surface area contributed by atoms with Gasteiger partial charge in [-0.25, -0.2) is 0 Å². The van der Waals surface area contributed by atoms with Gasteiger partial charge in [-0.1, -0.05) is 0 Å². The average molecular weight is 308 g/mol. The Morgan fingerprint density at radius 2 is 0.778 bits per heavy atom. The molecule has 0 bridgehead atoms. The highest BCUT2D eigenvalue weighted by Crippen LogP contribution is 2.58. The minimum atomic E-state index is -5.22. The fourth-order valence-corrected chi connectivity index (χ4v) is 5.35. The van der Waals surface area contributed by atoms with E-state index in [4.69, 9.17) is 19.6 Å². The van der Waals surface area contributed by atoms with Crippen LogP contribution in [0.25, 0.3) is 0 Å². The Bertz CT molecular complexity index is 361. The lowest BCUT2D eigenvalue weighted by molar-refractivity contribution is -0.135. The molecule has 1 saturated carbocycles. The summed E-state index contributed by atoms with van der Waals surface area (Å²) in [6, 6.07) is 0. The topological polar surface area (TPSA) is 196 Å². The molecular weight excluding hydrogens is 294 g/mol. The van der Waals surface area contributed by atoms with Crippen molar-refractivity contribution in [3.63, 3.8) is 0 Å². The molecular formula is C6H14O10P2. The minimum Gasteiger partial charge on any atom is -0.389 e. The van der Waals surface area contributed by atoms with Crippen molar-refractivity contribution in [2.24, 2.45) is 0 Å². The molecule has 1 aliphatic carbocycles. The van der Waals surface area contributed by atoms with Gasteiger partial charge in [-0.3, -0.25) is 9.13 Å². The maximum atomic E-state index is 11.1. The van der Waals surface area contributed by atoms with Gasteiger partial charge in [0, 0.05) is 0 Å². The number of hydrogen-bond donors (Lipinski definition) is 8. The van der Waals surface area contributed by atoms with Gasteiger partial charge in [0.2, 0.25) is 0 Å². The largest absolute Gasteiger partial charge is 0.389 e. The van der Waals surface area contributed by atoms with Crippen LogP contribution in [0.4, 0.5) is 0 Å². The highest BCUT2D eigenvalue weighted by atomic mass is 31.2. The summed E-state index contributed by atoms with van der Waals surface area (Å²) in [5.74, 6) is 0. The van der Waals surface area contributed by atoms with E-state index in [0.29, 0.717) is 0 Å². The second-order valence-electron chi connectivity index (χ2n) is 4.12. The van der Waals surface area contributed by atoms with Crippen molar-refractivity contribution >= 4 is 15.2 Å². The van der Waals surface area contributed by atoms with Crippen LogP contribution in [-0.2, 0) is 9.13 Å². The van der Waals surface area contributed by atoms with E-state index in [0.717, 1.165) is 0 Å². The third-order valence-corrected chi connectivity index (χ3v) is 5.92. The van der Waals surface area contributed by atoms with Gasteiger partial charge in [-0.2, -0.15) is 0 Å². The first-order valence-electron chi connectivity index (χ1n) is 4.71. The van der Waals surface area contributed by atoms with Crippen molar-refractivity contribution in [3.05, 3.63) is 0 Å². The molecule has 0 heterocycles.